The molecule has 0 aliphatic carbocycles. The van der Waals surface area contributed by atoms with Gasteiger partial charge in [-0.3, -0.25) is 14.4 Å². The average Bonchev–Trinajstić information content (AvgIpc) is 3.44. The molecule has 0 aromatic heterocycles. The highest BCUT2D eigenvalue weighted by atomic mass is 16.6. The highest BCUT2D eigenvalue weighted by Gasteiger charge is 2.19. The molecule has 0 N–H and O–H groups in total. The fourth-order valence-corrected chi connectivity index (χ4v) is 8.91. The molecule has 0 saturated heterocycles. The summed E-state index contributed by atoms with van der Waals surface area (Å²) in [6, 6.07) is 0. The van der Waals surface area contributed by atoms with Crippen LogP contribution in [0.3, 0.4) is 0 Å². The maximum absolute atomic E-state index is 12.9. The molecule has 0 aromatic rings. The van der Waals surface area contributed by atoms with Crippen LogP contribution in [0.2, 0.25) is 0 Å². The topological polar surface area (TPSA) is 78.9 Å². The van der Waals surface area contributed by atoms with Gasteiger partial charge in [-0.1, -0.05) is 290 Å². The van der Waals surface area contributed by atoms with Crippen molar-refractivity contribution in [2.45, 2.75) is 303 Å². The Kier molecular flexibility index (Phi) is 61.8. The van der Waals surface area contributed by atoms with Gasteiger partial charge in [0.25, 0.3) is 0 Å². The summed E-state index contributed by atoms with van der Waals surface area (Å²) >= 11 is 0. The minimum absolute atomic E-state index is 0.0835. The molecular weight excluding hydrogens is 961 g/mol. The molecule has 0 spiro atoms. The van der Waals surface area contributed by atoms with Gasteiger partial charge in [0.2, 0.25) is 0 Å². The molecule has 0 bridgehead atoms. The van der Waals surface area contributed by atoms with E-state index in [9.17, 15) is 14.4 Å². The number of hydrogen-bond acceptors (Lipinski definition) is 6. The van der Waals surface area contributed by atoms with Gasteiger partial charge in [-0.05, 0) is 109 Å². The quantitative estimate of drug-likeness (QED) is 0.0261. The summed E-state index contributed by atoms with van der Waals surface area (Å²) < 4.78 is 16.9. The zero-order chi connectivity index (χ0) is 56.4. The first-order valence-corrected chi connectivity index (χ1v) is 32.5. The second-order valence-electron chi connectivity index (χ2n) is 21.3. The molecule has 0 fully saturated rings. The molecule has 1 unspecified atom stereocenters. The molecule has 0 amide bonds. The predicted molar refractivity (Wildman–Crippen MR) is 339 cm³/mol. The van der Waals surface area contributed by atoms with Crippen molar-refractivity contribution in [3.05, 3.63) is 122 Å². The van der Waals surface area contributed by atoms with Crippen LogP contribution in [0.4, 0.5) is 0 Å². The van der Waals surface area contributed by atoms with Gasteiger partial charge in [-0.25, -0.2) is 0 Å². The van der Waals surface area contributed by atoms with E-state index in [1.807, 2.05) is 0 Å². The fourth-order valence-electron chi connectivity index (χ4n) is 8.91. The van der Waals surface area contributed by atoms with Crippen LogP contribution in [0.25, 0.3) is 0 Å². The largest absolute Gasteiger partial charge is 0.462 e. The number of hydrogen-bond donors (Lipinski definition) is 0. The molecule has 0 heterocycles. The summed E-state index contributed by atoms with van der Waals surface area (Å²) in [7, 11) is 0. The molecule has 0 rings (SSSR count). The Morgan fingerprint density at radius 2 is 0.500 bits per heavy atom. The monoisotopic (exact) mass is 1080 g/mol. The molecule has 444 valence electrons. The van der Waals surface area contributed by atoms with Crippen molar-refractivity contribution in [2.24, 2.45) is 0 Å². The number of carbonyl (C=O) groups excluding carboxylic acids is 3. The van der Waals surface area contributed by atoms with E-state index < -0.39 is 6.10 Å². The molecule has 0 aliphatic heterocycles. The Labute approximate surface area is 482 Å². The van der Waals surface area contributed by atoms with Crippen molar-refractivity contribution >= 4 is 17.9 Å². The Morgan fingerprint density at radius 3 is 0.782 bits per heavy atom. The van der Waals surface area contributed by atoms with Crippen LogP contribution in [-0.4, -0.2) is 37.2 Å². The summed E-state index contributed by atoms with van der Waals surface area (Å²) in [6.45, 7) is 6.42. The van der Waals surface area contributed by atoms with Crippen LogP contribution in [-0.2, 0) is 28.6 Å². The highest BCUT2D eigenvalue weighted by Crippen LogP contribution is 2.16. The third kappa shape index (κ3) is 62.7. The number of ether oxygens (including phenoxy) is 3. The van der Waals surface area contributed by atoms with Crippen LogP contribution in [0.5, 0.6) is 0 Å². The maximum Gasteiger partial charge on any atom is 0.306 e. The molecule has 6 nitrogen and oxygen atoms in total. The number of allylic oxidation sites excluding steroid dienone is 20. The average molecular weight is 1080 g/mol. The zero-order valence-electron chi connectivity index (χ0n) is 50.9. The zero-order valence-corrected chi connectivity index (χ0v) is 50.9. The first kappa shape index (κ1) is 73.8. The van der Waals surface area contributed by atoms with Crippen LogP contribution in [0, 0.1) is 0 Å². The molecule has 0 saturated carbocycles. The number of esters is 3. The lowest BCUT2D eigenvalue weighted by molar-refractivity contribution is -0.167. The van der Waals surface area contributed by atoms with Gasteiger partial charge < -0.3 is 14.2 Å². The molecule has 0 aliphatic rings. The lowest BCUT2D eigenvalue weighted by Gasteiger charge is -2.18. The second-order valence-corrected chi connectivity index (χ2v) is 21.3. The minimum atomic E-state index is -0.788. The van der Waals surface area contributed by atoms with E-state index >= 15 is 0 Å². The van der Waals surface area contributed by atoms with Gasteiger partial charge >= 0.3 is 17.9 Å². The molecule has 0 aromatic carbocycles. The van der Waals surface area contributed by atoms with E-state index in [0.29, 0.717) is 19.3 Å². The summed E-state index contributed by atoms with van der Waals surface area (Å²) in [5.74, 6) is -0.894. The fraction of sp³-hybridized carbons (Fsp3) is 0.681. The van der Waals surface area contributed by atoms with Crippen molar-refractivity contribution in [1.29, 1.82) is 0 Å². The molecule has 78 heavy (non-hydrogen) atoms. The van der Waals surface area contributed by atoms with Crippen LogP contribution in [0.15, 0.2) is 122 Å². The first-order chi connectivity index (χ1) is 38.5. The van der Waals surface area contributed by atoms with Crippen LogP contribution in [0.1, 0.15) is 297 Å². The van der Waals surface area contributed by atoms with E-state index in [1.54, 1.807) is 0 Å². The van der Waals surface area contributed by atoms with Crippen molar-refractivity contribution in [2.75, 3.05) is 13.2 Å². The number of carbonyl (C=O) groups is 3. The summed E-state index contributed by atoms with van der Waals surface area (Å²) in [5, 5.41) is 0. The standard InChI is InChI=1S/C72H120O6/c1-4-7-10-13-16-19-22-25-27-29-31-33-34-35-36-37-38-40-41-43-45-47-50-53-56-59-62-65-71(74)77-68-69(67-76-70(73)64-61-58-55-52-49-24-21-18-15-12-9-6-3)78-72(75)66-63-60-57-54-51-48-46-44-42-39-32-30-28-26-23-20-17-14-11-8-5-2/h7-8,10-11,16-17,19-20,25-28,31-33,35-36,38-40,69H,4-6,9,12-15,18,21-24,29-30,34,37,41-68H2,1-3H3/b10-7-,11-8-,19-16-,20-17-,27-25-,28-26-,33-31-,36-35-,39-32-,40-38-. The van der Waals surface area contributed by atoms with Gasteiger partial charge in [-0.15, -0.1) is 0 Å². The van der Waals surface area contributed by atoms with Gasteiger partial charge in [-0.2, -0.15) is 0 Å². The minimum Gasteiger partial charge on any atom is -0.462 e. The summed E-state index contributed by atoms with van der Waals surface area (Å²) in [5.41, 5.74) is 0. The summed E-state index contributed by atoms with van der Waals surface area (Å²) in [4.78, 5) is 38.3. The van der Waals surface area contributed by atoms with Crippen molar-refractivity contribution < 1.29 is 28.6 Å². The Morgan fingerprint density at radius 1 is 0.269 bits per heavy atom. The Hall–Kier alpha value is -4.19. The van der Waals surface area contributed by atoms with E-state index in [0.717, 1.165) is 135 Å². The second kappa shape index (κ2) is 65.3. The maximum atomic E-state index is 12.9. The molecule has 0 radical (unpaired) electrons. The van der Waals surface area contributed by atoms with Gasteiger partial charge in [0.1, 0.15) is 13.2 Å². The Bertz CT molecular complexity index is 1620. The van der Waals surface area contributed by atoms with E-state index in [1.165, 1.54) is 122 Å². The molecule has 6 heteroatoms. The van der Waals surface area contributed by atoms with E-state index in [2.05, 4.69) is 142 Å². The lowest BCUT2D eigenvalue weighted by atomic mass is 10.0. The van der Waals surface area contributed by atoms with Gasteiger partial charge in [0, 0.05) is 19.3 Å². The van der Waals surface area contributed by atoms with Crippen LogP contribution >= 0.6 is 0 Å². The van der Waals surface area contributed by atoms with Gasteiger partial charge in [0.05, 0.1) is 0 Å². The third-order valence-corrected chi connectivity index (χ3v) is 13.7. The smallest absolute Gasteiger partial charge is 0.306 e. The van der Waals surface area contributed by atoms with Crippen molar-refractivity contribution in [3.8, 4) is 0 Å². The van der Waals surface area contributed by atoms with Crippen molar-refractivity contribution in [3.63, 3.8) is 0 Å². The SMILES string of the molecule is CC/C=C\C/C=C\C/C=C\C/C=C\C/C=C\C/C=C\CCCCCCCCCCC(=O)OCC(COC(=O)CCCCCCCCCCCCCC)OC(=O)CCCCCCCCCC/C=C\C/C=C\C/C=C\C/C=C\CC. The number of unbranched alkanes of at least 4 members (excludes halogenated alkanes) is 27. The van der Waals surface area contributed by atoms with Crippen molar-refractivity contribution in [1.82, 2.24) is 0 Å². The molecular formula is C72H120O6. The normalized spacial score (nSPS) is 12.9. The first-order valence-electron chi connectivity index (χ1n) is 32.5. The molecule has 1 atom stereocenters. The Balaban J connectivity index is 4.34. The van der Waals surface area contributed by atoms with Crippen LogP contribution < -0.4 is 0 Å². The van der Waals surface area contributed by atoms with Gasteiger partial charge in [0.15, 0.2) is 6.10 Å². The number of rotatable bonds is 58. The summed E-state index contributed by atoms with van der Waals surface area (Å²) in [6.07, 6.45) is 90.6. The third-order valence-electron chi connectivity index (χ3n) is 13.7. The highest BCUT2D eigenvalue weighted by molar-refractivity contribution is 5.71. The van der Waals surface area contributed by atoms with E-state index in [4.69, 9.17) is 14.2 Å². The predicted octanol–water partition coefficient (Wildman–Crippen LogP) is 22.4. The lowest BCUT2D eigenvalue weighted by Crippen LogP contribution is -2.30. The van der Waals surface area contributed by atoms with E-state index in [-0.39, 0.29) is 31.1 Å².